The van der Waals surface area contributed by atoms with Crippen LogP contribution in [0, 0.1) is 0 Å². The first-order chi connectivity index (χ1) is 10.7. The second-order valence-corrected chi connectivity index (χ2v) is 6.21. The van der Waals surface area contributed by atoms with Gasteiger partial charge < -0.3 is 19.9 Å². The molecule has 0 radical (unpaired) electrons. The molecule has 1 amide bonds. The van der Waals surface area contributed by atoms with Crippen LogP contribution in [-0.4, -0.2) is 68.2 Å². The van der Waals surface area contributed by atoms with Crippen LogP contribution in [0.25, 0.3) is 0 Å². The van der Waals surface area contributed by atoms with Crippen molar-refractivity contribution in [1.82, 2.24) is 15.1 Å². The van der Waals surface area contributed by atoms with Crippen molar-refractivity contribution in [3.05, 3.63) is 35.9 Å². The molecule has 1 aromatic rings. The number of nitrogens with zero attached hydrogens (tertiary/aromatic N) is 2. The van der Waals surface area contributed by atoms with Crippen molar-refractivity contribution in [1.29, 1.82) is 0 Å². The molecule has 2 heterocycles. The average molecular weight is 303 g/mol. The number of hydrogen-bond donors (Lipinski definition) is 1. The second kappa shape index (κ2) is 7.22. The zero-order chi connectivity index (χ0) is 15.4. The Hall–Kier alpha value is -1.43. The number of amides is 1. The van der Waals surface area contributed by atoms with Crippen LogP contribution in [0.2, 0.25) is 0 Å². The van der Waals surface area contributed by atoms with E-state index in [2.05, 4.69) is 29.4 Å². The molecule has 5 nitrogen and oxygen atoms in total. The van der Waals surface area contributed by atoms with Crippen molar-refractivity contribution in [2.24, 2.45) is 0 Å². The Balaban J connectivity index is 1.70. The minimum absolute atomic E-state index is 0.150. The average Bonchev–Trinajstić information content (AvgIpc) is 2.56. The van der Waals surface area contributed by atoms with Gasteiger partial charge in [0.2, 0.25) is 5.91 Å². The number of carbonyl (C=O) groups excluding carboxylic acids is 1. The predicted octanol–water partition coefficient (Wildman–Crippen LogP) is 0.880. The van der Waals surface area contributed by atoms with Crippen molar-refractivity contribution in [2.45, 2.75) is 18.5 Å². The van der Waals surface area contributed by atoms with Gasteiger partial charge in [0, 0.05) is 38.6 Å². The van der Waals surface area contributed by atoms with Gasteiger partial charge in [-0.05, 0) is 12.6 Å². The molecule has 0 aliphatic carbocycles. The fourth-order valence-electron chi connectivity index (χ4n) is 3.26. The number of ether oxygens (including phenoxy) is 1. The standard InChI is InChI=1S/C17H25N3O2/c1-19-8-9-20(16(12-19)14-5-3-2-4-6-14)17(21)11-15-13-22-10-7-18-15/h2-6,15-16,18H,7-13H2,1H3. The third-order valence-corrected chi connectivity index (χ3v) is 4.51. The van der Waals surface area contributed by atoms with E-state index in [1.54, 1.807) is 0 Å². The molecule has 2 unspecified atom stereocenters. The first-order valence-corrected chi connectivity index (χ1v) is 8.08. The van der Waals surface area contributed by atoms with Crippen molar-refractivity contribution >= 4 is 5.91 Å². The van der Waals surface area contributed by atoms with E-state index in [1.807, 2.05) is 23.1 Å². The Bertz CT molecular complexity index is 488. The summed E-state index contributed by atoms with van der Waals surface area (Å²) >= 11 is 0. The van der Waals surface area contributed by atoms with E-state index in [-0.39, 0.29) is 18.0 Å². The molecule has 2 atom stereocenters. The Morgan fingerprint density at radius 3 is 2.86 bits per heavy atom. The number of hydrogen-bond acceptors (Lipinski definition) is 4. The topological polar surface area (TPSA) is 44.8 Å². The largest absolute Gasteiger partial charge is 0.378 e. The van der Waals surface area contributed by atoms with Gasteiger partial charge in [0.25, 0.3) is 0 Å². The molecule has 2 saturated heterocycles. The van der Waals surface area contributed by atoms with E-state index < -0.39 is 0 Å². The van der Waals surface area contributed by atoms with E-state index in [0.717, 1.165) is 32.8 Å². The zero-order valence-electron chi connectivity index (χ0n) is 13.2. The van der Waals surface area contributed by atoms with Gasteiger partial charge in [-0.3, -0.25) is 4.79 Å². The molecule has 1 aromatic carbocycles. The van der Waals surface area contributed by atoms with Crippen LogP contribution in [0.4, 0.5) is 0 Å². The van der Waals surface area contributed by atoms with Gasteiger partial charge in [-0.25, -0.2) is 0 Å². The Morgan fingerprint density at radius 1 is 1.32 bits per heavy atom. The quantitative estimate of drug-likeness (QED) is 0.900. The van der Waals surface area contributed by atoms with E-state index in [4.69, 9.17) is 4.74 Å². The second-order valence-electron chi connectivity index (χ2n) is 6.21. The van der Waals surface area contributed by atoms with Crippen molar-refractivity contribution < 1.29 is 9.53 Å². The molecule has 22 heavy (non-hydrogen) atoms. The first-order valence-electron chi connectivity index (χ1n) is 8.08. The molecule has 0 spiro atoms. The minimum atomic E-state index is 0.150. The lowest BCUT2D eigenvalue weighted by atomic mass is 10.0. The van der Waals surface area contributed by atoms with Crippen LogP contribution in [0.3, 0.4) is 0 Å². The van der Waals surface area contributed by atoms with Gasteiger partial charge in [0.1, 0.15) is 0 Å². The van der Waals surface area contributed by atoms with Crippen LogP contribution >= 0.6 is 0 Å². The summed E-state index contributed by atoms with van der Waals surface area (Å²) in [4.78, 5) is 17.1. The monoisotopic (exact) mass is 303 g/mol. The van der Waals surface area contributed by atoms with E-state index in [0.29, 0.717) is 13.0 Å². The van der Waals surface area contributed by atoms with Crippen LogP contribution in [0.1, 0.15) is 18.0 Å². The van der Waals surface area contributed by atoms with Gasteiger partial charge >= 0.3 is 0 Å². The summed E-state index contributed by atoms with van der Waals surface area (Å²) in [5, 5.41) is 3.37. The lowest BCUT2D eigenvalue weighted by Crippen LogP contribution is -2.51. The lowest BCUT2D eigenvalue weighted by Gasteiger charge is -2.41. The third kappa shape index (κ3) is 3.66. The lowest BCUT2D eigenvalue weighted by molar-refractivity contribution is -0.137. The van der Waals surface area contributed by atoms with Crippen LogP contribution in [-0.2, 0) is 9.53 Å². The fourth-order valence-corrected chi connectivity index (χ4v) is 3.26. The van der Waals surface area contributed by atoms with Gasteiger partial charge in [0.05, 0.1) is 19.3 Å². The van der Waals surface area contributed by atoms with Gasteiger partial charge in [0.15, 0.2) is 0 Å². The Labute approximate surface area is 132 Å². The SMILES string of the molecule is CN1CCN(C(=O)CC2COCCN2)C(c2ccccc2)C1. The van der Waals surface area contributed by atoms with Crippen molar-refractivity contribution in [2.75, 3.05) is 46.4 Å². The first kappa shape index (κ1) is 15.5. The Morgan fingerprint density at radius 2 is 2.14 bits per heavy atom. The molecular formula is C17H25N3O2. The molecule has 2 aliphatic rings. The molecule has 5 heteroatoms. The highest BCUT2D eigenvalue weighted by molar-refractivity contribution is 5.77. The van der Waals surface area contributed by atoms with Gasteiger partial charge in [-0.1, -0.05) is 30.3 Å². The van der Waals surface area contributed by atoms with E-state index in [1.165, 1.54) is 5.56 Å². The molecule has 2 fully saturated rings. The molecule has 0 saturated carbocycles. The maximum atomic E-state index is 12.8. The highest BCUT2D eigenvalue weighted by atomic mass is 16.5. The van der Waals surface area contributed by atoms with Crippen molar-refractivity contribution in [3.8, 4) is 0 Å². The predicted molar refractivity (Wildman–Crippen MR) is 85.6 cm³/mol. The van der Waals surface area contributed by atoms with E-state index in [9.17, 15) is 4.79 Å². The minimum Gasteiger partial charge on any atom is -0.378 e. The highest BCUT2D eigenvalue weighted by Gasteiger charge is 2.31. The number of morpholine rings is 1. The number of nitrogens with one attached hydrogen (secondary N) is 1. The molecule has 120 valence electrons. The zero-order valence-corrected chi connectivity index (χ0v) is 13.2. The van der Waals surface area contributed by atoms with E-state index >= 15 is 0 Å². The number of carbonyl (C=O) groups is 1. The summed E-state index contributed by atoms with van der Waals surface area (Å²) in [6.45, 7) is 4.83. The van der Waals surface area contributed by atoms with Crippen molar-refractivity contribution in [3.63, 3.8) is 0 Å². The molecule has 2 aliphatic heterocycles. The highest BCUT2D eigenvalue weighted by Crippen LogP contribution is 2.25. The maximum Gasteiger partial charge on any atom is 0.224 e. The summed E-state index contributed by atoms with van der Waals surface area (Å²) in [7, 11) is 2.12. The number of likely N-dealkylation sites (N-methyl/N-ethyl adjacent to an activating group) is 1. The summed E-state index contributed by atoms with van der Waals surface area (Å²) in [5.74, 6) is 0.227. The number of piperazine rings is 1. The summed E-state index contributed by atoms with van der Waals surface area (Å²) in [6, 6.07) is 10.6. The van der Waals surface area contributed by atoms with Crippen LogP contribution in [0.15, 0.2) is 30.3 Å². The van der Waals surface area contributed by atoms with Crippen LogP contribution < -0.4 is 5.32 Å². The van der Waals surface area contributed by atoms with Crippen LogP contribution in [0.5, 0.6) is 0 Å². The molecule has 0 bridgehead atoms. The Kier molecular flexibility index (Phi) is 5.08. The normalized spacial score (nSPS) is 26.9. The molecule has 3 rings (SSSR count). The summed E-state index contributed by atoms with van der Waals surface area (Å²) in [5.41, 5.74) is 1.22. The summed E-state index contributed by atoms with van der Waals surface area (Å²) in [6.07, 6.45) is 0.521. The summed E-state index contributed by atoms with van der Waals surface area (Å²) < 4.78 is 5.46. The number of rotatable bonds is 3. The molecule has 0 aromatic heterocycles. The fraction of sp³-hybridized carbons (Fsp3) is 0.588. The maximum absolute atomic E-state index is 12.8. The number of benzene rings is 1. The van der Waals surface area contributed by atoms with Gasteiger partial charge in [-0.2, -0.15) is 0 Å². The molecule has 1 N–H and O–H groups in total. The smallest absolute Gasteiger partial charge is 0.224 e. The third-order valence-electron chi connectivity index (χ3n) is 4.51. The van der Waals surface area contributed by atoms with Gasteiger partial charge in [-0.15, -0.1) is 0 Å². The molecular weight excluding hydrogens is 278 g/mol.